The molecule has 1 unspecified atom stereocenters. The van der Waals surface area contributed by atoms with Gasteiger partial charge in [0.15, 0.2) is 0 Å². The highest BCUT2D eigenvalue weighted by atomic mass is 16.5. The van der Waals surface area contributed by atoms with E-state index in [1.807, 2.05) is 24.3 Å². The summed E-state index contributed by atoms with van der Waals surface area (Å²) in [7, 11) is 0. The Hall–Kier alpha value is -1.99. The van der Waals surface area contributed by atoms with E-state index in [0.29, 0.717) is 13.0 Å². The summed E-state index contributed by atoms with van der Waals surface area (Å²) < 4.78 is 5.54. The van der Waals surface area contributed by atoms with Gasteiger partial charge in [0.1, 0.15) is 11.8 Å². The Morgan fingerprint density at radius 2 is 2.05 bits per heavy atom. The monoisotopic (exact) mass is 261 g/mol. The Morgan fingerprint density at radius 1 is 1.37 bits per heavy atom. The molecule has 4 heteroatoms. The number of hydrogen-bond acceptors (Lipinski definition) is 3. The molecule has 3 N–H and O–H groups in total. The third kappa shape index (κ3) is 5.94. The first-order valence-corrected chi connectivity index (χ1v) is 6.27. The van der Waals surface area contributed by atoms with Crippen molar-refractivity contribution in [3.05, 3.63) is 29.8 Å². The van der Waals surface area contributed by atoms with E-state index >= 15 is 0 Å². The quantitative estimate of drug-likeness (QED) is 0.553. The van der Waals surface area contributed by atoms with Crippen LogP contribution in [0.25, 0.3) is 0 Å². The van der Waals surface area contributed by atoms with E-state index < -0.39 is 12.0 Å². The van der Waals surface area contributed by atoms with E-state index in [2.05, 4.69) is 5.92 Å². The minimum Gasteiger partial charge on any atom is -0.494 e. The molecule has 0 bridgehead atoms. The Bertz CT molecular complexity index is 434. The van der Waals surface area contributed by atoms with Crippen molar-refractivity contribution in [2.24, 2.45) is 5.73 Å². The summed E-state index contributed by atoms with van der Waals surface area (Å²) >= 11 is 0. The van der Waals surface area contributed by atoms with Crippen LogP contribution in [-0.2, 0) is 11.2 Å². The SMILES string of the molecule is C#CCCCCOc1ccc(CC(N)C(=O)O)cc1. The number of terminal acetylenes is 1. The van der Waals surface area contributed by atoms with Gasteiger partial charge in [0.25, 0.3) is 0 Å². The first-order chi connectivity index (χ1) is 9.13. The lowest BCUT2D eigenvalue weighted by atomic mass is 10.1. The molecule has 0 aliphatic rings. The van der Waals surface area contributed by atoms with Crippen molar-refractivity contribution in [1.82, 2.24) is 0 Å². The number of hydrogen-bond donors (Lipinski definition) is 2. The molecule has 1 rings (SSSR count). The molecule has 1 aromatic rings. The van der Waals surface area contributed by atoms with Gasteiger partial charge in [-0.1, -0.05) is 12.1 Å². The maximum Gasteiger partial charge on any atom is 0.320 e. The second kappa shape index (κ2) is 8.17. The van der Waals surface area contributed by atoms with E-state index in [1.54, 1.807) is 0 Å². The number of benzene rings is 1. The number of carbonyl (C=O) groups is 1. The van der Waals surface area contributed by atoms with E-state index in [-0.39, 0.29) is 0 Å². The molecule has 0 amide bonds. The van der Waals surface area contributed by atoms with Crippen LogP contribution in [0.2, 0.25) is 0 Å². The van der Waals surface area contributed by atoms with Gasteiger partial charge < -0.3 is 15.6 Å². The van der Waals surface area contributed by atoms with Crippen LogP contribution in [0.1, 0.15) is 24.8 Å². The lowest BCUT2D eigenvalue weighted by Gasteiger charge is -2.08. The van der Waals surface area contributed by atoms with Gasteiger partial charge in [-0.05, 0) is 37.0 Å². The molecule has 0 aliphatic carbocycles. The molecular weight excluding hydrogens is 242 g/mol. The predicted molar refractivity (Wildman–Crippen MR) is 73.9 cm³/mol. The van der Waals surface area contributed by atoms with E-state index in [0.717, 1.165) is 30.6 Å². The Morgan fingerprint density at radius 3 is 2.63 bits per heavy atom. The topological polar surface area (TPSA) is 72.5 Å². The van der Waals surface area contributed by atoms with Gasteiger partial charge in [0.05, 0.1) is 6.61 Å². The molecule has 0 spiro atoms. The summed E-state index contributed by atoms with van der Waals surface area (Å²) in [6.07, 6.45) is 8.13. The maximum atomic E-state index is 10.6. The zero-order chi connectivity index (χ0) is 14.1. The van der Waals surface area contributed by atoms with Crippen LogP contribution < -0.4 is 10.5 Å². The van der Waals surface area contributed by atoms with Crippen LogP contribution in [0.3, 0.4) is 0 Å². The number of carboxylic acids is 1. The molecule has 0 saturated heterocycles. The number of ether oxygens (including phenoxy) is 1. The Labute approximate surface area is 113 Å². The minimum absolute atomic E-state index is 0.317. The molecule has 0 heterocycles. The predicted octanol–water partition coefficient (Wildman–Crippen LogP) is 1.82. The number of aliphatic carboxylic acids is 1. The number of nitrogens with two attached hydrogens (primary N) is 1. The Kier molecular flexibility index (Phi) is 6.48. The lowest BCUT2D eigenvalue weighted by Crippen LogP contribution is -2.32. The van der Waals surface area contributed by atoms with Gasteiger partial charge in [-0.25, -0.2) is 0 Å². The lowest BCUT2D eigenvalue weighted by molar-refractivity contribution is -0.138. The highest BCUT2D eigenvalue weighted by Crippen LogP contribution is 2.14. The third-order valence-electron chi connectivity index (χ3n) is 2.68. The molecule has 4 nitrogen and oxygen atoms in total. The van der Waals surface area contributed by atoms with Gasteiger partial charge in [0, 0.05) is 6.42 Å². The maximum absolute atomic E-state index is 10.6. The summed E-state index contributed by atoms with van der Waals surface area (Å²) in [4.78, 5) is 10.6. The van der Waals surface area contributed by atoms with Gasteiger partial charge >= 0.3 is 5.97 Å². The fraction of sp³-hybridized carbons (Fsp3) is 0.400. The zero-order valence-electron chi connectivity index (χ0n) is 10.8. The van der Waals surface area contributed by atoms with Crippen LogP contribution in [0, 0.1) is 12.3 Å². The van der Waals surface area contributed by atoms with Crippen LogP contribution in [0.15, 0.2) is 24.3 Å². The van der Waals surface area contributed by atoms with Gasteiger partial charge in [-0.3, -0.25) is 4.79 Å². The molecule has 102 valence electrons. The molecule has 1 aromatic carbocycles. The molecule has 0 saturated carbocycles. The third-order valence-corrected chi connectivity index (χ3v) is 2.68. The molecule has 0 aliphatic heterocycles. The molecule has 0 radical (unpaired) electrons. The largest absolute Gasteiger partial charge is 0.494 e. The van der Waals surface area contributed by atoms with Crippen molar-refractivity contribution in [2.45, 2.75) is 31.7 Å². The first-order valence-electron chi connectivity index (χ1n) is 6.27. The van der Waals surface area contributed by atoms with Crippen molar-refractivity contribution in [3.8, 4) is 18.1 Å². The standard InChI is InChI=1S/C15H19NO3/c1-2-3-4-5-10-19-13-8-6-12(7-9-13)11-14(16)15(17)18/h1,6-9,14H,3-5,10-11,16H2,(H,17,18). The molecule has 19 heavy (non-hydrogen) atoms. The smallest absolute Gasteiger partial charge is 0.320 e. The molecule has 0 aromatic heterocycles. The normalized spacial score (nSPS) is 11.6. The highest BCUT2D eigenvalue weighted by Gasteiger charge is 2.11. The molecule has 0 fully saturated rings. The summed E-state index contributed by atoms with van der Waals surface area (Å²) in [6.45, 7) is 0.635. The number of rotatable bonds is 8. The van der Waals surface area contributed by atoms with Crippen molar-refractivity contribution in [1.29, 1.82) is 0 Å². The summed E-state index contributed by atoms with van der Waals surface area (Å²) in [5.74, 6) is 2.37. The summed E-state index contributed by atoms with van der Waals surface area (Å²) in [5, 5.41) is 8.72. The van der Waals surface area contributed by atoms with Crippen LogP contribution >= 0.6 is 0 Å². The van der Waals surface area contributed by atoms with Gasteiger partial charge in [-0.15, -0.1) is 12.3 Å². The van der Waals surface area contributed by atoms with Crippen molar-refractivity contribution in [3.63, 3.8) is 0 Å². The van der Waals surface area contributed by atoms with E-state index in [1.165, 1.54) is 0 Å². The number of unbranched alkanes of at least 4 members (excludes halogenated alkanes) is 2. The first kappa shape index (κ1) is 15.1. The van der Waals surface area contributed by atoms with Crippen molar-refractivity contribution >= 4 is 5.97 Å². The summed E-state index contributed by atoms with van der Waals surface area (Å²) in [6, 6.07) is 6.45. The van der Waals surface area contributed by atoms with Gasteiger partial charge in [-0.2, -0.15) is 0 Å². The van der Waals surface area contributed by atoms with E-state index in [4.69, 9.17) is 22.0 Å². The second-order valence-corrected chi connectivity index (χ2v) is 4.30. The highest BCUT2D eigenvalue weighted by molar-refractivity contribution is 5.73. The average Bonchev–Trinajstić information content (AvgIpc) is 2.40. The minimum atomic E-state index is -0.992. The van der Waals surface area contributed by atoms with Crippen LogP contribution in [0.4, 0.5) is 0 Å². The molecular formula is C15H19NO3. The fourth-order valence-corrected chi connectivity index (χ4v) is 1.58. The average molecular weight is 261 g/mol. The second-order valence-electron chi connectivity index (χ2n) is 4.30. The number of carboxylic acid groups (broad SMARTS) is 1. The van der Waals surface area contributed by atoms with Crippen molar-refractivity contribution in [2.75, 3.05) is 6.61 Å². The zero-order valence-corrected chi connectivity index (χ0v) is 10.8. The van der Waals surface area contributed by atoms with Crippen LogP contribution in [0.5, 0.6) is 5.75 Å². The van der Waals surface area contributed by atoms with Gasteiger partial charge in [0.2, 0.25) is 0 Å². The van der Waals surface area contributed by atoms with Crippen LogP contribution in [-0.4, -0.2) is 23.7 Å². The summed E-state index contributed by atoms with van der Waals surface area (Å²) in [5.41, 5.74) is 6.35. The fourth-order valence-electron chi connectivity index (χ4n) is 1.58. The Balaban J connectivity index is 2.35. The van der Waals surface area contributed by atoms with Crippen molar-refractivity contribution < 1.29 is 14.6 Å². The molecule has 1 atom stereocenters. The van der Waals surface area contributed by atoms with E-state index in [9.17, 15) is 4.79 Å².